The number of nitrogens with zero attached hydrogens (tertiary/aromatic N) is 6. The molecule has 2 saturated heterocycles. The van der Waals surface area contributed by atoms with E-state index in [-0.39, 0.29) is 31.5 Å². The maximum Gasteiger partial charge on any atom is 0.318 e. The molecular weight excluding hydrogens is 562 g/mol. The fourth-order valence-corrected chi connectivity index (χ4v) is 6.51. The molecule has 3 aromatic rings. The Bertz CT molecular complexity index is 1470. The standard InChI is InChI=1S/C31H35ClF2N6O2/c1-2-27(41)38-14-16-39(17-15-38)29-23-10-13-40(26-9-4-7-22-6-3-8-24(32)28(22)26)20-25(23)35-30(36-29)42-19-18-37-12-5-11-31(33,34)21-37/h2-4,6-9H,1,5,10-21H2. The minimum absolute atomic E-state index is 0.0638. The quantitative estimate of drug-likeness (QED) is 0.363. The number of carbonyl (C=O) groups is 1. The molecule has 6 rings (SSSR count). The highest BCUT2D eigenvalue weighted by Crippen LogP contribution is 2.37. The highest BCUT2D eigenvalue weighted by molar-refractivity contribution is 6.36. The maximum absolute atomic E-state index is 13.9. The smallest absolute Gasteiger partial charge is 0.318 e. The molecule has 0 radical (unpaired) electrons. The van der Waals surface area contributed by atoms with Crippen molar-refractivity contribution in [1.82, 2.24) is 19.8 Å². The molecule has 3 aliphatic rings. The van der Waals surface area contributed by atoms with Crippen LogP contribution in [0.15, 0.2) is 49.1 Å². The molecule has 0 N–H and O–H groups in total. The van der Waals surface area contributed by atoms with Crippen molar-refractivity contribution in [2.24, 2.45) is 0 Å². The van der Waals surface area contributed by atoms with E-state index in [1.54, 1.807) is 9.80 Å². The Balaban J connectivity index is 1.26. The first kappa shape index (κ1) is 28.6. The van der Waals surface area contributed by atoms with E-state index in [4.69, 9.17) is 26.3 Å². The van der Waals surface area contributed by atoms with Crippen LogP contribution in [0.4, 0.5) is 20.3 Å². The van der Waals surface area contributed by atoms with Crippen LogP contribution in [-0.2, 0) is 17.8 Å². The lowest BCUT2D eigenvalue weighted by atomic mass is 10.0. The van der Waals surface area contributed by atoms with Crippen LogP contribution in [0.5, 0.6) is 6.01 Å². The number of hydrogen-bond acceptors (Lipinski definition) is 7. The molecule has 2 aromatic carbocycles. The summed E-state index contributed by atoms with van der Waals surface area (Å²) < 4.78 is 33.8. The Kier molecular flexibility index (Phi) is 8.18. The van der Waals surface area contributed by atoms with Crippen molar-refractivity contribution >= 4 is 39.8 Å². The molecule has 0 bridgehead atoms. The van der Waals surface area contributed by atoms with Crippen molar-refractivity contribution < 1.29 is 18.3 Å². The van der Waals surface area contributed by atoms with E-state index >= 15 is 0 Å². The van der Waals surface area contributed by atoms with Gasteiger partial charge in [0.2, 0.25) is 5.91 Å². The molecule has 0 aliphatic carbocycles. The first-order valence-electron chi connectivity index (χ1n) is 14.5. The van der Waals surface area contributed by atoms with E-state index in [1.165, 1.54) is 6.08 Å². The van der Waals surface area contributed by atoms with Crippen molar-refractivity contribution in [2.45, 2.75) is 31.7 Å². The van der Waals surface area contributed by atoms with Gasteiger partial charge in [-0.2, -0.15) is 9.97 Å². The Labute approximate surface area is 249 Å². The summed E-state index contributed by atoms with van der Waals surface area (Å²) in [7, 11) is 0. The van der Waals surface area contributed by atoms with Gasteiger partial charge in [0, 0.05) is 62.3 Å². The van der Waals surface area contributed by atoms with E-state index < -0.39 is 5.92 Å². The van der Waals surface area contributed by atoms with Gasteiger partial charge in [-0.15, -0.1) is 0 Å². The van der Waals surface area contributed by atoms with Crippen LogP contribution in [0, 0.1) is 0 Å². The summed E-state index contributed by atoms with van der Waals surface area (Å²) in [5.74, 6) is -1.91. The van der Waals surface area contributed by atoms with E-state index in [0.29, 0.717) is 57.3 Å². The summed E-state index contributed by atoms with van der Waals surface area (Å²) in [5.41, 5.74) is 3.00. The number of fused-ring (bicyclic) bond motifs is 2. The van der Waals surface area contributed by atoms with E-state index in [0.717, 1.165) is 46.5 Å². The van der Waals surface area contributed by atoms with Crippen LogP contribution >= 0.6 is 11.6 Å². The van der Waals surface area contributed by atoms with Crippen LogP contribution in [0.1, 0.15) is 24.1 Å². The van der Waals surface area contributed by atoms with Gasteiger partial charge in [0.15, 0.2) is 0 Å². The number of piperidine rings is 1. The molecule has 1 amide bonds. The van der Waals surface area contributed by atoms with Crippen LogP contribution in [0.3, 0.4) is 0 Å². The Morgan fingerprint density at radius 3 is 2.60 bits per heavy atom. The van der Waals surface area contributed by atoms with Gasteiger partial charge in [-0.3, -0.25) is 9.69 Å². The molecule has 0 unspecified atom stereocenters. The number of hydrogen-bond donors (Lipinski definition) is 0. The molecule has 222 valence electrons. The minimum Gasteiger partial charge on any atom is -0.462 e. The average molecular weight is 597 g/mol. The lowest BCUT2D eigenvalue weighted by Gasteiger charge is -2.38. The molecule has 42 heavy (non-hydrogen) atoms. The fraction of sp³-hybridized carbons (Fsp3) is 0.452. The minimum atomic E-state index is -2.66. The highest BCUT2D eigenvalue weighted by Gasteiger charge is 2.35. The Morgan fingerprint density at radius 2 is 1.83 bits per heavy atom. The lowest BCUT2D eigenvalue weighted by molar-refractivity contribution is -0.126. The molecule has 0 spiro atoms. The van der Waals surface area contributed by atoms with Crippen LogP contribution in [-0.4, -0.2) is 90.6 Å². The summed E-state index contributed by atoms with van der Waals surface area (Å²) in [5, 5.41) is 2.79. The zero-order valence-corrected chi connectivity index (χ0v) is 24.3. The Morgan fingerprint density at radius 1 is 1.05 bits per heavy atom. The first-order valence-corrected chi connectivity index (χ1v) is 14.9. The van der Waals surface area contributed by atoms with E-state index in [9.17, 15) is 13.6 Å². The van der Waals surface area contributed by atoms with E-state index in [2.05, 4.69) is 34.6 Å². The van der Waals surface area contributed by atoms with Crippen molar-refractivity contribution in [3.05, 3.63) is 65.3 Å². The Hall–Kier alpha value is -3.50. The number of alkyl halides is 2. The molecule has 8 nitrogen and oxygen atoms in total. The second-order valence-corrected chi connectivity index (χ2v) is 11.5. The molecular formula is C31H35ClF2N6O2. The first-order chi connectivity index (χ1) is 20.3. The number of likely N-dealkylation sites (tertiary alicyclic amines) is 1. The van der Waals surface area contributed by atoms with Crippen LogP contribution < -0.4 is 14.5 Å². The zero-order chi connectivity index (χ0) is 29.3. The second-order valence-electron chi connectivity index (χ2n) is 11.1. The van der Waals surface area contributed by atoms with Crippen molar-refractivity contribution in [2.75, 3.05) is 68.8 Å². The summed E-state index contributed by atoms with van der Waals surface area (Å²) >= 11 is 6.65. The number of ether oxygens (including phenoxy) is 1. The molecule has 1 aromatic heterocycles. The number of benzene rings is 2. The third-order valence-electron chi connectivity index (χ3n) is 8.37. The normalized spacial score (nSPS) is 19.1. The maximum atomic E-state index is 13.9. The third kappa shape index (κ3) is 6.01. The fourth-order valence-electron chi connectivity index (χ4n) is 6.23. The number of anilines is 2. The van der Waals surface area contributed by atoms with Gasteiger partial charge < -0.3 is 19.4 Å². The second kappa shape index (κ2) is 12.0. The number of rotatable bonds is 7. The van der Waals surface area contributed by atoms with Gasteiger partial charge in [-0.25, -0.2) is 8.78 Å². The lowest BCUT2D eigenvalue weighted by Crippen LogP contribution is -2.49. The number of amides is 1. The van der Waals surface area contributed by atoms with Crippen molar-refractivity contribution in [3.63, 3.8) is 0 Å². The van der Waals surface area contributed by atoms with Gasteiger partial charge in [0.05, 0.1) is 23.8 Å². The predicted octanol–water partition coefficient (Wildman–Crippen LogP) is 4.79. The predicted molar refractivity (Wildman–Crippen MR) is 161 cm³/mol. The largest absolute Gasteiger partial charge is 0.462 e. The van der Waals surface area contributed by atoms with Crippen molar-refractivity contribution in [3.8, 4) is 6.01 Å². The number of carbonyl (C=O) groups excluding carboxylic acids is 1. The third-order valence-corrected chi connectivity index (χ3v) is 8.69. The SMILES string of the molecule is C=CC(=O)N1CCN(c2nc(OCCN3CCCC(F)(F)C3)nc3c2CCN(c2cccc4cccc(Cl)c24)C3)CC1. The zero-order valence-electron chi connectivity index (χ0n) is 23.6. The van der Waals surface area contributed by atoms with Crippen LogP contribution in [0.2, 0.25) is 5.02 Å². The monoisotopic (exact) mass is 596 g/mol. The molecule has 0 saturated carbocycles. The average Bonchev–Trinajstić information content (AvgIpc) is 2.99. The summed E-state index contributed by atoms with van der Waals surface area (Å²) in [4.78, 5) is 29.8. The summed E-state index contributed by atoms with van der Waals surface area (Å²) in [6.45, 7) is 8.33. The van der Waals surface area contributed by atoms with Crippen molar-refractivity contribution in [1.29, 1.82) is 0 Å². The van der Waals surface area contributed by atoms with Gasteiger partial charge in [0.1, 0.15) is 12.4 Å². The van der Waals surface area contributed by atoms with Gasteiger partial charge >= 0.3 is 6.01 Å². The van der Waals surface area contributed by atoms with Crippen LogP contribution in [0.25, 0.3) is 10.8 Å². The summed E-state index contributed by atoms with van der Waals surface area (Å²) in [6, 6.07) is 12.4. The topological polar surface area (TPSA) is 65.0 Å². The van der Waals surface area contributed by atoms with Gasteiger partial charge in [-0.05, 0) is 43.0 Å². The molecule has 0 atom stereocenters. The van der Waals surface area contributed by atoms with E-state index in [1.807, 2.05) is 18.2 Å². The molecule has 2 fully saturated rings. The molecule has 3 aliphatic heterocycles. The molecule has 4 heterocycles. The summed E-state index contributed by atoms with van der Waals surface area (Å²) in [6.07, 6.45) is 2.49. The number of aromatic nitrogens is 2. The number of halogens is 3. The van der Waals surface area contributed by atoms with Gasteiger partial charge in [-0.1, -0.05) is 42.4 Å². The molecule has 11 heteroatoms. The number of piperazine rings is 1. The van der Waals surface area contributed by atoms with Gasteiger partial charge in [0.25, 0.3) is 5.92 Å². The highest BCUT2D eigenvalue weighted by atomic mass is 35.5.